The van der Waals surface area contributed by atoms with Gasteiger partial charge in [-0.05, 0) is 12.1 Å². The predicted molar refractivity (Wildman–Crippen MR) is 71.4 cm³/mol. The Hall–Kier alpha value is -0.640. The van der Waals surface area contributed by atoms with E-state index in [9.17, 15) is 4.79 Å². The molecule has 0 radical (unpaired) electrons. The molecule has 0 aliphatic carbocycles. The van der Waals surface area contributed by atoms with E-state index in [-0.39, 0.29) is 11.8 Å². The van der Waals surface area contributed by atoms with Crippen LogP contribution in [0, 0.1) is 0 Å². The summed E-state index contributed by atoms with van der Waals surface area (Å²) in [6, 6.07) is 8.95. The Kier molecular flexibility index (Phi) is 6.48. The molecule has 0 aliphatic rings. The number of amides is 1. The fourth-order valence-corrected chi connectivity index (χ4v) is 1.82. The maximum atomic E-state index is 11.5. The molecule has 0 spiro atoms. The molecule has 1 N–H and O–H groups in total. The third kappa shape index (κ3) is 5.02. The van der Waals surface area contributed by atoms with Gasteiger partial charge in [0.15, 0.2) is 0 Å². The van der Waals surface area contributed by atoms with Crippen molar-refractivity contribution in [1.29, 1.82) is 0 Å². The van der Waals surface area contributed by atoms with E-state index in [1.165, 1.54) is 0 Å². The van der Waals surface area contributed by atoms with Gasteiger partial charge in [-0.15, -0.1) is 34.8 Å². The molecular weight excluding hydrogens is 284 g/mol. The van der Waals surface area contributed by atoms with Gasteiger partial charge in [0.2, 0.25) is 0 Å². The number of carbonyl (C=O) groups excluding carboxylic acids is 1. The Morgan fingerprint density at radius 2 is 1.88 bits per heavy atom. The fourth-order valence-electron chi connectivity index (χ4n) is 1.11. The second kappa shape index (κ2) is 7.64. The third-order valence-electron chi connectivity index (χ3n) is 1.98. The molecule has 0 heterocycles. The number of ether oxygens (including phenoxy) is 1. The highest BCUT2D eigenvalue weighted by Crippen LogP contribution is 2.13. The van der Waals surface area contributed by atoms with E-state index in [4.69, 9.17) is 39.5 Å². The van der Waals surface area contributed by atoms with Crippen molar-refractivity contribution in [2.75, 3.05) is 17.1 Å². The van der Waals surface area contributed by atoms with Crippen LogP contribution >= 0.6 is 34.8 Å². The molecule has 3 nitrogen and oxygen atoms in total. The molecule has 0 saturated carbocycles. The van der Waals surface area contributed by atoms with E-state index >= 15 is 0 Å². The molecule has 17 heavy (non-hydrogen) atoms. The van der Waals surface area contributed by atoms with Crippen molar-refractivity contribution < 1.29 is 9.53 Å². The summed E-state index contributed by atoms with van der Waals surface area (Å²) >= 11 is 17.1. The number of anilines is 1. The number of rotatable bonds is 5. The van der Waals surface area contributed by atoms with E-state index in [0.717, 1.165) is 0 Å². The quantitative estimate of drug-likeness (QED) is 0.842. The molecule has 1 amide bonds. The van der Waals surface area contributed by atoms with Crippen LogP contribution in [-0.4, -0.2) is 29.3 Å². The first kappa shape index (κ1) is 14.4. The van der Waals surface area contributed by atoms with Crippen molar-refractivity contribution in [2.45, 2.75) is 11.5 Å². The molecule has 0 saturated heterocycles. The first-order chi connectivity index (χ1) is 8.17. The molecule has 2 atom stereocenters. The number of benzene rings is 1. The summed E-state index contributed by atoms with van der Waals surface area (Å²) in [6.45, 7) is 0. The SMILES string of the molecule is O=C(Nc1ccccc1)OC(CCl)C(Cl)CCl. The van der Waals surface area contributed by atoms with Gasteiger partial charge < -0.3 is 4.74 Å². The second-order valence-corrected chi connectivity index (χ2v) is 4.44. The zero-order chi connectivity index (χ0) is 12.7. The second-order valence-electron chi connectivity index (χ2n) is 3.26. The largest absolute Gasteiger partial charge is 0.443 e. The van der Waals surface area contributed by atoms with Crippen LogP contribution in [0.4, 0.5) is 10.5 Å². The van der Waals surface area contributed by atoms with Gasteiger partial charge in [-0.1, -0.05) is 18.2 Å². The van der Waals surface area contributed by atoms with Gasteiger partial charge in [-0.3, -0.25) is 5.32 Å². The Morgan fingerprint density at radius 3 is 2.41 bits per heavy atom. The maximum Gasteiger partial charge on any atom is 0.411 e. The van der Waals surface area contributed by atoms with E-state index < -0.39 is 17.6 Å². The van der Waals surface area contributed by atoms with E-state index in [1.54, 1.807) is 24.3 Å². The minimum absolute atomic E-state index is 0.100. The van der Waals surface area contributed by atoms with E-state index in [1.807, 2.05) is 6.07 Å². The lowest BCUT2D eigenvalue weighted by atomic mass is 10.3. The number of halogens is 3. The molecular formula is C11H12Cl3NO2. The number of carbonyl (C=O) groups is 1. The molecule has 6 heteroatoms. The number of para-hydroxylation sites is 1. The highest BCUT2D eigenvalue weighted by Gasteiger charge is 2.21. The van der Waals surface area contributed by atoms with Crippen molar-refractivity contribution in [1.82, 2.24) is 0 Å². The van der Waals surface area contributed by atoms with Crippen molar-refractivity contribution in [3.8, 4) is 0 Å². The highest BCUT2D eigenvalue weighted by molar-refractivity contribution is 6.29. The average Bonchev–Trinajstić information content (AvgIpc) is 2.36. The summed E-state index contributed by atoms with van der Waals surface area (Å²) < 4.78 is 5.06. The minimum Gasteiger partial charge on any atom is -0.443 e. The summed E-state index contributed by atoms with van der Waals surface area (Å²) in [5, 5.41) is 2.06. The fraction of sp³-hybridized carbons (Fsp3) is 0.364. The molecule has 1 rings (SSSR count). The maximum absolute atomic E-state index is 11.5. The Bertz CT molecular complexity index is 348. The highest BCUT2D eigenvalue weighted by atomic mass is 35.5. The van der Waals surface area contributed by atoms with Crippen molar-refractivity contribution in [2.24, 2.45) is 0 Å². The zero-order valence-corrected chi connectivity index (χ0v) is 11.2. The Labute approximate surface area is 115 Å². The molecule has 1 aromatic carbocycles. The summed E-state index contributed by atoms with van der Waals surface area (Å²) in [6.07, 6.45) is -1.21. The lowest BCUT2D eigenvalue weighted by molar-refractivity contribution is 0.122. The standard InChI is InChI=1S/C11H12Cl3NO2/c12-6-9(14)10(7-13)17-11(16)15-8-4-2-1-3-5-8/h1-5,9-10H,6-7H2,(H,15,16). The number of hydrogen-bond donors (Lipinski definition) is 1. The molecule has 2 unspecified atom stereocenters. The molecule has 0 aromatic heterocycles. The van der Waals surface area contributed by atoms with Gasteiger partial charge in [0.05, 0.1) is 11.3 Å². The topological polar surface area (TPSA) is 38.3 Å². The molecule has 1 aromatic rings. The van der Waals surface area contributed by atoms with Crippen LogP contribution in [0.25, 0.3) is 0 Å². The zero-order valence-electron chi connectivity index (χ0n) is 8.91. The van der Waals surface area contributed by atoms with Gasteiger partial charge in [0, 0.05) is 11.6 Å². The third-order valence-corrected chi connectivity index (χ3v) is 3.21. The predicted octanol–water partition coefficient (Wildman–Crippen LogP) is 3.69. The van der Waals surface area contributed by atoms with Gasteiger partial charge in [0.1, 0.15) is 6.10 Å². The smallest absolute Gasteiger partial charge is 0.411 e. The van der Waals surface area contributed by atoms with Crippen molar-refractivity contribution in [3.63, 3.8) is 0 Å². The number of alkyl halides is 3. The van der Waals surface area contributed by atoms with Crippen LogP contribution in [0.1, 0.15) is 0 Å². The minimum atomic E-state index is -0.612. The number of hydrogen-bond acceptors (Lipinski definition) is 2. The molecule has 0 bridgehead atoms. The molecule has 94 valence electrons. The van der Waals surface area contributed by atoms with Crippen LogP contribution < -0.4 is 5.32 Å². The average molecular weight is 297 g/mol. The van der Waals surface area contributed by atoms with Crippen LogP contribution in [0.15, 0.2) is 30.3 Å². The number of nitrogens with one attached hydrogen (secondary N) is 1. The lowest BCUT2D eigenvalue weighted by Gasteiger charge is -2.18. The lowest BCUT2D eigenvalue weighted by Crippen LogP contribution is -2.32. The first-order valence-electron chi connectivity index (χ1n) is 4.96. The van der Waals surface area contributed by atoms with Crippen LogP contribution in [0.5, 0.6) is 0 Å². The van der Waals surface area contributed by atoms with Crippen LogP contribution in [-0.2, 0) is 4.74 Å². The summed E-state index contributed by atoms with van der Waals surface area (Å²) in [4.78, 5) is 11.5. The van der Waals surface area contributed by atoms with Crippen LogP contribution in [0.3, 0.4) is 0 Å². The van der Waals surface area contributed by atoms with Crippen molar-refractivity contribution in [3.05, 3.63) is 30.3 Å². The Balaban J connectivity index is 2.48. The molecule has 0 aliphatic heterocycles. The normalized spacial score (nSPS) is 13.8. The van der Waals surface area contributed by atoms with Crippen molar-refractivity contribution >= 4 is 46.6 Å². The summed E-state index contributed by atoms with van der Waals surface area (Å²) in [5.41, 5.74) is 0.641. The van der Waals surface area contributed by atoms with Gasteiger partial charge >= 0.3 is 6.09 Å². The molecule has 0 fully saturated rings. The van der Waals surface area contributed by atoms with Gasteiger partial charge in [-0.2, -0.15) is 0 Å². The van der Waals surface area contributed by atoms with Gasteiger partial charge in [0.25, 0.3) is 0 Å². The first-order valence-corrected chi connectivity index (χ1v) is 6.46. The summed E-state index contributed by atoms with van der Waals surface area (Å²) in [5.74, 6) is 0.265. The van der Waals surface area contributed by atoms with Gasteiger partial charge in [-0.25, -0.2) is 4.79 Å². The monoisotopic (exact) mass is 295 g/mol. The van der Waals surface area contributed by atoms with E-state index in [2.05, 4.69) is 5.32 Å². The summed E-state index contributed by atoms with van der Waals surface area (Å²) in [7, 11) is 0. The van der Waals surface area contributed by atoms with Crippen LogP contribution in [0.2, 0.25) is 0 Å². The van der Waals surface area contributed by atoms with E-state index in [0.29, 0.717) is 5.69 Å². The Morgan fingerprint density at radius 1 is 1.24 bits per heavy atom.